The molecule has 2 N–H and O–H groups in total. The molecule has 1 aromatic rings. The second-order valence-electron chi connectivity index (χ2n) is 10.4. The van der Waals surface area contributed by atoms with Crippen molar-refractivity contribution in [3.8, 4) is 0 Å². The lowest BCUT2D eigenvalue weighted by atomic mass is 10.0. The van der Waals surface area contributed by atoms with E-state index < -0.39 is 12.1 Å². The number of nitrogens with zero attached hydrogens (tertiary/aromatic N) is 2. The lowest BCUT2D eigenvalue weighted by molar-refractivity contribution is -0.127. The van der Waals surface area contributed by atoms with Crippen molar-refractivity contribution in [1.29, 1.82) is 0 Å². The van der Waals surface area contributed by atoms with Crippen LogP contribution in [0.2, 0.25) is 0 Å². The molecule has 8 nitrogen and oxygen atoms in total. The molecule has 34 heavy (non-hydrogen) atoms. The molecule has 2 amide bonds. The number of piperazine rings is 1. The number of hydrogen-bond donors (Lipinski definition) is 2. The number of nitrogens with one attached hydrogen (secondary N) is 2. The smallest absolute Gasteiger partial charge is 0.251 e. The topological polar surface area (TPSA) is 91.0 Å². The summed E-state index contributed by atoms with van der Waals surface area (Å²) < 4.78 is 5.32. The zero-order valence-electron chi connectivity index (χ0n) is 20.6. The van der Waals surface area contributed by atoms with Gasteiger partial charge in [0.05, 0.1) is 6.10 Å². The Morgan fingerprint density at radius 2 is 1.76 bits per heavy atom. The third-order valence-corrected chi connectivity index (χ3v) is 7.01. The average molecular weight is 471 g/mol. The largest absolute Gasteiger partial charge is 0.369 e. The van der Waals surface area contributed by atoms with Crippen molar-refractivity contribution >= 4 is 23.3 Å². The molecule has 2 aliphatic heterocycles. The quantitative estimate of drug-likeness (QED) is 0.572. The molecule has 4 rings (SSSR count). The standard InChI is InChI=1S/C26H38N4O4/c1-17(2)14-22(26(33)28-24-18(3)34-16-23(24)31)27-25(32)20-6-8-21(9-7-20)30-12-10-29(11-13-30)15-19-4-5-19/h6-9,17-19,22,24H,4-5,10-16H2,1-3H3,(H,27,32)(H,28,33)/t18-,22?,24+/m1/s1. The molecule has 0 spiro atoms. The van der Waals surface area contributed by atoms with E-state index in [-0.39, 0.29) is 36.2 Å². The Morgan fingerprint density at radius 1 is 1.09 bits per heavy atom. The average Bonchev–Trinajstić information content (AvgIpc) is 3.58. The van der Waals surface area contributed by atoms with Gasteiger partial charge in [0.2, 0.25) is 5.91 Å². The first-order valence-electron chi connectivity index (χ1n) is 12.6. The first-order chi connectivity index (χ1) is 16.3. The number of Topliss-reactive ketones (excluding diaryl/α,β-unsaturated/α-hetero) is 1. The van der Waals surface area contributed by atoms with Gasteiger partial charge in [-0.25, -0.2) is 0 Å². The number of carbonyl (C=O) groups excluding carboxylic acids is 3. The van der Waals surface area contributed by atoms with Crippen molar-refractivity contribution in [3.05, 3.63) is 29.8 Å². The van der Waals surface area contributed by atoms with Gasteiger partial charge in [-0.15, -0.1) is 0 Å². The van der Waals surface area contributed by atoms with Gasteiger partial charge in [0.25, 0.3) is 5.91 Å². The van der Waals surface area contributed by atoms with Crippen molar-refractivity contribution in [2.24, 2.45) is 11.8 Å². The highest BCUT2D eigenvalue weighted by Gasteiger charge is 2.36. The van der Waals surface area contributed by atoms with Crippen molar-refractivity contribution in [3.63, 3.8) is 0 Å². The molecule has 0 radical (unpaired) electrons. The van der Waals surface area contributed by atoms with E-state index in [1.165, 1.54) is 19.4 Å². The van der Waals surface area contributed by atoms with E-state index in [4.69, 9.17) is 4.74 Å². The SMILES string of the molecule is CC(C)CC(NC(=O)c1ccc(N2CCN(CC3CC3)CC2)cc1)C(=O)N[C@@H]1C(=O)CO[C@@H]1C. The van der Waals surface area contributed by atoms with E-state index in [2.05, 4.69) is 20.4 Å². The van der Waals surface area contributed by atoms with Gasteiger partial charge in [-0.05, 0) is 62.3 Å². The van der Waals surface area contributed by atoms with Crippen LogP contribution in [-0.2, 0) is 14.3 Å². The predicted octanol–water partition coefficient (Wildman–Crippen LogP) is 1.84. The van der Waals surface area contributed by atoms with Crippen LogP contribution in [0.25, 0.3) is 0 Å². The van der Waals surface area contributed by atoms with E-state index in [0.717, 1.165) is 37.8 Å². The molecule has 3 aliphatic rings. The molecular formula is C26H38N4O4. The van der Waals surface area contributed by atoms with Crippen LogP contribution >= 0.6 is 0 Å². The first kappa shape index (κ1) is 24.7. The molecule has 2 saturated heterocycles. The fourth-order valence-corrected chi connectivity index (χ4v) is 4.74. The van der Waals surface area contributed by atoms with E-state index in [9.17, 15) is 14.4 Å². The van der Waals surface area contributed by atoms with Crippen molar-refractivity contribution in [1.82, 2.24) is 15.5 Å². The number of anilines is 1. The monoisotopic (exact) mass is 470 g/mol. The lowest BCUT2D eigenvalue weighted by Crippen LogP contribution is -2.53. The van der Waals surface area contributed by atoms with Gasteiger partial charge in [-0.2, -0.15) is 0 Å². The number of carbonyl (C=O) groups is 3. The van der Waals surface area contributed by atoms with Crippen LogP contribution in [0.15, 0.2) is 24.3 Å². The zero-order valence-corrected chi connectivity index (χ0v) is 20.6. The number of rotatable bonds is 9. The Kier molecular flexibility index (Phi) is 7.88. The molecule has 3 atom stereocenters. The summed E-state index contributed by atoms with van der Waals surface area (Å²) in [5.74, 6) is 0.341. The molecule has 0 bridgehead atoms. The van der Waals surface area contributed by atoms with Crippen molar-refractivity contribution in [2.75, 3.05) is 44.2 Å². The second-order valence-corrected chi connectivity index (χ2v) is 10.4. The first-order valence-corrected chi connectivity index (χ1v) is 12.6. The van der Waals surface area contributed by atoms with Crippen LogP contribution in [0.5, 0.6) is 0 Å². The Balaban J connectivity index is 1.33. The minimum absolute atomic E-state index is 0.00916. The molecular weight excluding hydrogens is 432 g/mol. The highest BCUT2D eigenvalue weighted by molar-refractivity contribution is 5.99. The molecule has 1 unspecified atom stereocenters. The predicted molar refractivity (Wildman–Crippen MR) is 131 cm³/mol. The molecule has 8 heteroatoms. The van der Waals surface area contributed by atoms with Crippen LogP contribution in [0, 0.1) is 11.8 Å². The number of amides is 2. The second kappa shape index (κ2) is 10.9. The third-order valence-electron chi connectivity index (χ3n) is 7.01. The summed E-state index contributed by atoms with van der Waals surface area (Å²) in [6.07, 6.45) is 2.89. The lowest BCUT2D eigenvalue weighted by Gasteiger charge is -2.36. The fourth-order valence-electron chi connectivity index (χ4n) is 4.74. The highest BCUT2D eigenvalue weighted by Crippen LogP contribution is 2.30. The summed E-state index contributed by atoms with van der Waals surface area (Å²) in [5.41, 5.74) is 1.64. The highest BCUT2D eigenvalue weighted by atomic mass is 16.5. The summed E-state index contributed by atoms with van der Waals surface area (Å²) in [5, 5.41) is 5.65. The maximum atomic E-state index is 12.9. The molecule has 0 aromatic heterocycles. The molecule has 1 aromatic carbocycles. The van der Waals surface area contributed by atoms with Crippen molar-refractivity contribution < 1.29 is 19.1 Å². The summed E-state index contributed by atoms with van der Waals surface area (Å²) in [4.78, 5) is 42.8. The van der Waals surface area contributed by atoms with Gasteiger partial charge in [-0.1, -0.05) is 13.8 Å². The minimum Gasteiger partial charge on any atom is -0.369 e. The van der Waals surface area contributed by atoms with Gasteiger partial charge in [0, 0.05) is 44.0 Å². The van der Waals surface area contributed by atoms with E-state index in [1.54, 1.807) is 6.92 Å². The summed E-state index contributed by atoms with van der Waals surface area (Å²) >= 11 is 0. The maximum Gasteiger partial charge on any atom is 0.251 e. The Hall–Kier alpha value is -2.45. The van der Waals surface area contributed by atoms with Crippen LogP contribution < -0.4 is 15.5 Å². The van der Waals surface area contributed by atoms with Gasteiger partial charge >= 0.3 is 0 Å². The fraction of sp³-hybridized carbons (Fsp3) is 0.654. The number of ether oxygens (including phenoxy) is 1. The number of ketones is 1. The Labute approximate surface area is 202 Å². The summed E-state index contributed by atoms with van der Waals surface area (Å²) in [6, 6.07) is 6.23. The van der Waals surface area contributed by atoms with E-state index >= 15 is 0 Å². The van der Waals surface area contributed by atoms with Gasteiger partial charge < -0.3 is 20.3 Å². The van der Waals surface area contributed by atoms with Crippen LogP contribution in [0.3, 0.4) is 0 Å². The van der Waals surface area contributed by atoms with Crippen LogP contribution in [-0.4, -0.2) is 80.0 Å². The van der Waals surface area contributed by atoms with Gasteiger partial charge in [-0.3, -0.25) is 19.3 Å². The minimum atomic E-state index is -0.715. The van der Waals surface area contributed by atoms with Crippen LogP contribution in [0.1, 0.15) is 50.4 Å². The van der Waals surface area contributed by atoms with E-state index in [1.807, 2.05) is 38.1 Å². The molecule has 3 fully saturated rings. The summed E-state index contributed by atoms with van der Waals surface area (Å²) in [7, 11) is 0. The summed E-state index contributed by atoms with van der Waals surface area (Å²) in [6.45, 7) is 11.2. The van der Waals surface area contributed by atoms with Gasteiger partial charge in [0.1, 0.15) is 18.7 Å². The molecule has 2 heterocycles. The van der Waals surface area contributed by atoms with Crippen molar-refractivity contribution in [2.45, 2.75) is 58.2 Å². The molecule has 1 saturated carbocycles. The number of hydrogen-bond acceptors (Lipinski definition) is 6. The Morgan fingerprint density at radius 3 is 2.32 bits per heavy atom. The maximum absolute atomic E-state index is 12.9. The number of benzene rings is 1. The molecule has 1 aliphatic carbocycles. The third kappa shape index (κ3) is 6.36. The zero-order chi connectivity index (χ0) is 24.2. The van der Waals surface area contributed by atoms with Crippen LogP contribution in [0.4, 0.5) is 5.69 Å². The van der Waals surface area contributed by atoms with E-state index in [0.29, 0.717) is 12.0 Å². The Bertz CT molecular complexity index is 875. The normalized spacial score (nSPS) is 24.4. The van der Waals surface area contributed by atoms with Gasteiger partial charge in [0.15, 0.2) is 5.78 Å². The molecule has 186 valence electrons.